The highest BCUT2D eigenvalue weighted by Crippen LogP contribution is 2.21. The van der Waals surface area contributed by atoms with E-state index in [1.807, 2.05) is 0 Å². The van der Waals surface area contributed by atoms with Gasteiger partial charge in [-0.3, -0.25) is 4.90 Å². The molecular weight excluding hydrogens is 260 g/mol. The van der Waals surface area contributed by atoms with E-state index in [9.17, 15) is 0 Å². The lowest BCUT2D eigenvalue weighted by Crippen LogP contribution is -2.49. The van der Waals surface area contributed by atoms with E-state index in [1.54, 1.807) is 0 Å². The summed E-state index contributed by atoms with van der Waals surface area (Å²) in [4.78, 5) is 2.53. The first-order valence-electron chi connectivity index (χ1n) is 8.14. The molecular formula is C18H30N2O. The third kappa shape index (κ3) is 4.29. The van der Waals surface area contributed by atoms with E-state index < -0.39 is 0 Å². The zero-order chi connectivity index (χ0) is 15.4. The minimum absolute atomic E-state index is 0.335. The number of hydrogen-bond acceptors (Lipinski definition) is 3. The Morgan fingerprint density at radius 3 is 2.38 bits per heavy atom. The van der Waals surface area contributed by atoms with Gasteiger partial charge in [0.25, 0.3) is 0 Å². The molecule has 3 nitrogen and oxygen atoms in total. The van der Waals surface area contributed by atoms with Crippen molar-refractivity contribution in [2.24, 2.45) is 0 Å². The fourth-order valence-electron chi connectivity index (χ4n) is 2.94. The number of nitrogens with one attached hydrogen (secondary N) is 1. The summed E-state index contributed by atoms with van der Waals surface area (Å²) in [5, 5.41) is 3.47. The quantitative estimate of drug-likeness (QED) is 0.901. The highest BCUT2D eigenvalue weighted by atomic mass is 16.5. The molecule has 3 atom stereocenters. The summed E-state index contributed by atoms with van der Waals surface area (Å²) in [5.74, 6) is 0.590. The zero-order valence-corrected chi connectivity index (χ0v) is 14.1. The maximum absolute atomic E-state index is 5.72. The van der Waals surface area contributed by atoms with Gasteiger partial charge in [-0.1, -0.05) is 38.1 Å². The SMILES string of the molecule is CNC(CN1CC(C)OCC1C)c1ccc(C(C)C)cc1. The molecule has 0 aromatic heterocycles. The van der Waals surface area contributed by atoms with Gasteiger partial charge in [0.15, 0.2) is 0 Å². The third-order valence-electron chi connectivity index (χ3n) is 4.51. The zero-order valence-electron chi connectivity index (χ0n) is 14.1. The summed E-state index contributed by atoms with van der Waals surface area (Å²) in [6, 6.07) is 9.92. The van der Waals surface area contributed by atoms with Gasteiger partial charge in [0.2, 0.25) is 0 Å². The van der Waals surface area contributed by atoms with Crippen LogP contribution in [0, 0.1) is 0 Å². The first-order valence-corrected chi connectivity index (χ1v) is 8.14. The number of hydrogen-bond donors (Lipinski definition) is 1. The minimum Gasteiger partial charge on any atom is -0.376 e. The molecule has 0 saturated carbocycles. The van der Waals surface area contributed by atoms with Crippen molar-refractivity contribution in [2.45, 2.75) is 51.8 Å². The molecule has 1 aliphatic heterocycles. The highest BCUT2D eigenvalue weighted by Gasteiger charge is 2.25. The Balaban J connectivity index is 2.05. The van der Waals surface area contributed by atoms with E-state index in [4.69, 9.17) is 4.74 Å². The molecule has 21 heavy (non-hydrogen) atoms. The lowest BCUT2D eigenvalue weighted by molar-refractivity contribution is -0.0519. The van der Waals surface area contributed by atoms with Gasteiger partial charge in [0.05, 0.1) is 12.7 Å². The van der Waals surface area contributed by atoms with Crippen molar-refractivity contribution in [1.82, 2.24) is 10.2 Å². The summed E-state index contributed by atoms with van der Waals surface area (Å²) in [7, 11) is 2.05. The van der Waals surface area contributed by atoms with Gasteiger partial charge in [0.1, 0.15) is 0 Å². The molecule has 0 radical (unpaired) electrons. The molecule has 1 aromatic rings. The molecule has 1 aliphatic rings. The van der Waals surface area contributed by atoms with Crippen LogP contribution in [0.4, 0.5) is 0 Å². The lowest BCUT2D eigenvalue weighted by Gasteiger charge is -2.38. The molecule has 1 fully saturated rings. The summed E-state index contributed by atoms with van der Waals surface area (Å²) < 4.78 is 5.72. The molecule has 0 spiro atoms. The second-order valence-corrected chi connectivity index (χ2v) is 6.61. The normalized spacial score (nSPS) is 25.2. The fourth-order valence-corrected chi connectivity index (χ4v) is 2.94. The molecule has 3 heteroatoms. The van der Waals surface area contributed by atoms with E-state index >= 15 is 0 Å². The van der Waals surface area contributed by atoms with Crippen LogP contribution in [0.15, 0.2) is 24.3 Å². The van der Waals surface area contributed by atoms with Crippen LogP contribution in [0.3, 0.4) is 0 Å². The molecule has 1 N–H and O–H groups in total. The number of benzene rings is 1. The van der Waals surface area contributed by atoms with Gasteiger partial charge in [-0.05, 0) is 37.9 Å². The van der Waals surface area contributed by atoms with Gasteiger partial charge in [-0.25, -0.2) is 0 Å². The first-order chi connectivity index (χ1) is 10.0. The Kier molecular flexibility index (Phi) is 5.80. The predicted molar refractivity (Wildman–Crippen MR) is 88.8 cm³/mol. The minimum atomic E-state index is 0.335. The summed E-state index contributed by atoms with van der Waals surface area (Å²) in [6.45, 7) is 11.8. The molecule has 2 rings (SSSR count). The molecule has 0 bridgehead atoms. The Labute approximate surface area is 129 Å². The Morgan fingerprint density at radius 2 is 1.81 bits per heavy atom. The molecule has 0 amide bonds. The number of rotatable bonds is 5. The monoisotopic (exact) mass is 290 g/mol. The maximum atomic E-state index is 5.72. The van der Waals surface area contributed by atoms with Crippen molar-refractivity contribution in [2.75, 3.05) is 26.7 Å². The fraction of sp³-hybridized carbons (Fsp3) is 0.667. The second-order valence-electron chi connectivity index (χ2n) is 6.61. The number of likely N-dealkylation sites (N-methyl/N-ethyl adjacent to an activating group) is 1. The second kappa shape index (κ2) is 7.39. The van der Waals surface area contributed by atoms with E-state index in [0.717, 1.165) is 19.7 Å². The van der Waals surface area contributed by atoms with Gasteiger partial charge in [0, 0.05) is 25.2 Å². The predicted octanol–water partition coefficient (Wildman–Crippen LogP) is 3.18. The summed E-state index contributed by atoms with van der Waals surface area (Å²) in [5.41, 5.74) is 2.77. The first kappa shape index (κ1) is 16.5. The Morgan fingerprint density at radius 1 is 1.19 bits per heavy atom. The van der Waals surface area contributed by atoms with E-state index in [0.29, 0.717) is 24.1 Å². The standard InChI is InChI=1S/C18H30N2O/c1-13(2)16-6-8-17(9-7-16)18(19-5)11-20-10-15(4)21-12-14(20)3/h6-9,13-15,18-19H,10-12H2,1-5H3. The van der Waals surface area contributed by atoms with Crippen molar-refractivity contribution in [3.05, 3.63) is 35.4 Å². The maximum Gasteiger partial charge on any atom is 0.0674 e. The molecule has 118 valence electrons. The molecule has 3 unspecified atom stereocenters. The Bertz CT molecular complexity index is 429. The molecule has 1 heterocycles. The average molecular weight is 290 g/mol. The van der Waals surface area contributed by atoms with E-state index in [-0.39, 0.29) is 0 Å². The van der Waals surface area contributed by atoms with Crippen LogP contribution in [0.5, 0.6) is 0 Å². The van der Waals surface area contributed by atoms with Crippen molar-refractivity contribution >= 4 is 0 Å². The topological polar surface area (TPSA) is 24.5 Å². The Hall–Kier alpha value is -0.900. The van der Waals surface area contributed by atoms with Crippen molar-refractivity contribution in [3.63, 3.8) is 0 Å². The molecule has 1 aromatic carbocycles. The average Bonchev–Trinajstić information content (AvgIpc) is 2.48. The summed E-state index contributed by atoms with van der Waals surface area (Å²) in [6.07, 6.45) is 0.335. The highest BCUT2D eigenvalue weighted by molar-refractivity contribution is 5.27. The van der Waals surface area contributed by atoms with Gasteiger partial charge >= 0.3 is 0 Å². The van der Waals surface area contributed by atoms with Crippen LogP contribution in [0.25, 0.3) is 0 Å². The smallest absolute Gasteiger partial charge is 0.0674 e. The van der Waals surface area contributed by atoms with Gasteiger partial charge < -0.3 is 10.1 Å². The van der Waals surface area contributed by atoms with Gasteiger partial charge in [-0.15, -0.1) is 0 Å². The lowest BCUT2D eigenvalue weighted by atomic mass is 9.98. The van der Waals surface area contributed by atoms with Crippen molar-refractivity contribution in [1.29, 1.82) is 0 Å². The van der Waals surface area contributed by atoms with Crippen LogP contribution in [0.2, 0.25) is 0 Å². The van der Waals surface area contributed by atoms with Crippen LogP contribution in [-0.2, 0) is 4.74 Å². The van der Waals surface area contributed by atoms with E-state index in [2.05, 4.69) is 69.2 Å². The molecule has 0 aliphatic carbocycles. The number of nitrogens with zero attached hydrogens (tertiary/aromatic N) is 1. The van der Waals surface area contributed by atoms with Crippen LogP contribution >= 0.6 is 0 Å². The third-order valence-corrected chi connectivity index (χ3v) is 4.51. The molecule has 1 saturated heterocycles. The largest absolute Gasteiger partial charge is 0.376 e. The van der Waals surface area contributed by atoms with Crippen LogP contribution < -0.4 is 5.32 Å². The van der Waals surface area contributed by atoms with Gasteiger partial charge in [-0.2, -0.15) is 0 Å². The van der Waals surface area contributed by atoms with Crippen LogP contribution in [0.1, 0.15) is 50.8 Å². The number of ether oxygens (including phenoxy) is 1. The van der Waals surface area contributed by atoms with Crippen molar-refractivity contribution < 1.29 is 4.74 Å². The number of morpholine rings is 1. The van der Waals surface area contributed by atoms with Crippen molar-refractivity contribution in [3.8, 4) is 0 Å². The van der Waals surface area contributed by atoms with E-state index in [1.165, 1.54) is 11.1 Å². The summed E-state index contributed by atoms with van der Waals surface area (Å²) >= 11 is 0. The van der Waals surface area contributed by atoms with Crippen LogP contribution in [-0.4, -0.2) is 43.8 Å².